The molecule has 1 aromatic carbocycles. The van der Waals surface area contributed by atoms with E-state index in [9.17, 15) is 14.3 Å². The van der Waals surface area contributed by atoms with Gasteiger partial charge in [-0.05, 0) is 31.4 Å². The van der Waals surface area contributed by atoms with Crippen molar-refractivity contribution in [1.82, 2.24) is 0 Å². The maximum Gasteiger partial charge on any atom is 0.305 e. The van der Waals surface area contributed by atoms with E-state index < -0.39 is 7.37 Å². The van der Waals surface area contributed by atoms with Gasteiger partial charge in [0.1, 0.15) is 0 Å². The van der Waals surface area contributed by atoms with Gasteiger partial charge < -0.3 is 9.63 Å². The maximum atomic E-state index is 13.3. The molecule has 30 heavy (non-hydrogen) atoms. The van der Waals surface area contributed by atoms with E-state index >= 15 is 0 Å². The summed E-state index contributed by atoms with van der Waals surface area (Å²) in [4.78, 5) is 22.1. The molecular formula is C25H43O4P. The Bertz CT molecular complexity index is 602. The average Bonchev–Trinajstić information content (AvgIpc) is 2.76. The molecule has 0 aliphatic carbocycles. The average molecular weight is 439 g/mol. The zero-order valence-electron chi connectivity index (χ0n) is 19.2. The lowest BCUT2D eigenvalue weighted by atomic mass is 10.0. The first-order valence-corrected chi connectivity index (χ1v) is 13.7. The number of hydrogen-bond acceptors (Lipinski definition) is 3. The number of unbranched alkanes of at least 4 members (excludes halogenated alkanes) is 10. The molecule has 2 unspecified atom stereocenters. The summed E-state index contributed by atoms with van der Waals surface area (Å²) in [6.45, 7) is 2.22. The van der Waals surface area contributed by atoms with E-state index in [2.05, 4.69) is 11.7 Å². The molecule has 0 aromatic heterocycles. The van der Waals surface area contributed by atoms with Crippen molar-refractivity contribution < 1.29 is 19.0 Å². The first kappa shape index (κ1) is 26.9. The van der Waals surface area contributed by atoms with Crippen molar-refractivity contribution in [3.63, 3.8) is 0 Å². The van der Waals surface area contributed by atoms with E-state index in [0.29, 0.717) is 11.7 Å². The number of methoxy groups -OCH3 is 1. The molecule has 0 aliphatic heterocycles. The Morgan fingerprint density at radius 1 is 0.867 bits per heavy atom. The maximum absolute atomic E-state index is 13.3. The molecule has 172 valence electrons. The van der Waals surface area contributed by atoms with Crippen LogP contribution >= 0.6 is 7.37 Å². The monoisotopic (exact) mass is 438 g/mol. The first-order valence-electron chi connectivity index (χ1n) is 12.0. The third-order valence-electron chi connectivity index (χ3n) is 5.91. The Morgan fingerprint density at radius 2 is 1.37 bits per heavy atom. The lowest BCUT2D eigenvalue weighted by molar-refractivity contribution is -0.140. The SMILES string of the molecule is CCCCCCCCC(CCCCCCCCC(=O)OC)P(=O)(O)c1ccccc1. The summed E-state index contributed by atoms with van der Waals surface area (Å²) in [6, 6.07) is 9.21. The molecule has 4 nitrogen and oxygen atoms in total. The van der Waals surface area contributed by atoms with Crippen molar-refractivity contribution >= 4 is 18.6 Å². The smallest absolute Gasteiger partial charge is 0.305 e. The van der Waals surface area contributed by atoms with Gasteiger partial charge in [-0.1, -0.05) is 95.8 Å². The summed E-state index contributed by atoms with van der Waals surface area (Å²) < 4.78 is 18.0. The van der Waals surface area contributed by atoms with Gasteiger partial charge in [0.05, 0.1) is 7.11 Å². The van der Waals surface area contributed by atoms with E-state index in [0.717, 1.165) is 64.2 Å². The van der Waals surface area contributed by atoms with Gasteiger partial charge in [0.25, 0.3) is 0 Å². The van der Waals surface area contributed by atoms with Crippen LogP contribution in [0.5, 0.6) is 0 Å². The van der Waals surface area contributed by atoms with Gasteiger partial charge in [-0.15, -0.1) is 0 Å². The molecule has 0 bridgehead atoms. The van der Waals surface area contributed by atoms with Crippen LogP contribution in [0, 0.1) is 0 Å². The van der Waals surface area contributed by atoms with Crippen molar-refractivity contribution in [2.45, 2.75) is 109 Å². The number of rotatable bonds is 18. The number of carbonyl (C=O) groups excluding carboxylic acids is 1. The van der Waals surface area contributed by atoms with Crippen LogP contribution in [0.15, 0.2) is 30.3 Å². The van der Waals surface area contributed by atoms with E-state index in [1.54, 1.807) is 12.1 Å². The topological polar surface area (TPSA) is 63.6 Å². The van der Waals surface area contributed by atoms with Gasteiger partial charge >= 0.3 is 5.97 Å². The highest BCUT2D eigenvalue weighted by Crippen LogP contribution is 2.49. The largest absolute Gasteiger partial charge is 0.469 e. The summed E-state index contributed by atoms with van der Waals surface area (Å²) in [5, 5.41) is 0.601. The summed E-state index contributed by atoms with van der Waals surface area (Å²) in [6.07, 6.45) is 15.6. The van der Waals surface area contributed by atoms with Gasteiger partial charge in [-0.3, -0.25) is 9.36 Å². The quantitative estimate of drug-likeness (QED) is 0.152. The van der Waals surface area contributed by atoms with Crippen molar-refractivity contribution in [1.29, 1.82) is 0 Å². The van der Waals surface area contributed by atoms with E-state index in [1.807, 2.05) is 18.2 Å². The molecule has 0 saturated carbocycles. The first-order chi connectivity index (χ1) is 14.5. The van der Waals surface area contributed by atoms with Crippen molar-refractivity contribution in [2.24, 2.45) is 0 Å². The Hall–Kier alpha value is -1.12. The van der Waals surface area contributed by atoms with E-state index in [-0.39, 0.29) is 11.6 Å². The van der Waals surface area contributed by atoms with Crippen LogP contribution in [0.4, 0.5) is 0 Å². The zero-order valence-corrected chi connectivity index (χ0v) is 20.1. The van der Waals surface area contributed by atoms with Crippen molar-refractivity contribution in [3.05, 3.63) is 30.3 Å². The van der Waals surface area contributed by atoms with E-state index in [4.69, 9.17) is 0 Å². The fourth-order valence-electron chi connectivity index (χ4n) is 3.97. The van der Waals surface area contributed by atoms with Gasteiger partial charge in [-0.25, -0.2) is 0 Å². The summed E-state index contributed by atoms with van der Waals surface area (Å²) in [7, 11) is -1.92. The van der Waals surface area contributed by atoms with Crippen LogP contribution in [-0.4, -0.2) is 23.6 Å². The number of esters is 1. The Kier molecular flexibility index (Phi) is 14.9. The minimum Gasteiger partial charge on any atom is -0.469 e. The van der Waals surface area contributed by atoms with Gasteiger partial charge in [-0.2, -0.15) is 0 Å². The molecule has 0 heterocycles. The highest BCUT2D eigenvalue weighted by Gasteiger charge is 2.31. The second kappa shape index (κ2) is 16.6. The fourth-order valence-corrected chi connectivity index (χ4v) is 6.05. The molecule has 0 amide bonds. The van der Waals surface area contributed by atoms with Gasteiger partial charge in [0.2, 0.25) is 7.37 Å². The molecule has 0 radical (unpaired) electrons. The van der Waals surface area contributed by atoms with Gasteiger partial charge in [0, 0.05) is 17.4 Å². The van der Waals surface area contributed by atoms with E-state index in [1.165, 1.54) is 32.8 Å². The summed E-state index contributed by atoms with van der Waals surface area (Å²) in [5.74, 6) is -0.132. The molecule has 1 N–H and O–H groups in total. The Balaban J connectivity index is 2.42. The third-order valence-corrected chi connectivity index (χ3v) is 8.45. The molecule has 1 aromatic rings. The molecule has 0 saturated heterocycles. The second-order valence-electron chi connectivity index (χ2n) is 8.40. The van der Waals surface area contributed by atoms with Gasteiger partial charge in [0.15, 0.2) is 0 Å². The zero-order chi connectivity index (χ0) is 22.1. The Morgan fingerprint density at radius 3 is 1.90 bits per heavy atom. The molecule has 0 aliphatic rings. The Labute approximate surface area is 184 Å². The number of ether oxygens (including phenoxy) is 1. The lowest BCUT2D eigenvalue weighted by Crippen LogP contribution is -2.17. The van der Waals surface area contributed by atoms with Crippen LogP contribution in [0.25, 0.3) is 0 Å². The van der Waals surface area contributed by atoms with Crippen molar-refractivity contribution in [3.8, 4) is 0 Å². The van der Waals surface area contributed by atoms with Crippen LogP contribution in [-0.2, 0) is 14.1 Å². The molecular weight excluding hydrogens is 395 g/mol. The second-order valence-corrected chi connectivity index (χ2v) is 10.9. The predicted octanol–water partition coefficient (Wildman–Crippen LogP) is 7.00. The third kappa shape index (κ3) is 11.3. The fraction of sp³-hybridized carbons (Fsp3) is 0.720. The summed E-state index contributed by atoms with van der Waals surface area (Å²) >= 11 is 0. The molecule has 0 spiro atoms. The highest BCUT2D eigenvalue weighted by atomic mass is 31.2. The van der Waals surface area contributed by atoms with Crippen molar-refractivity contribution in [2.75, 3.05) is 7.11 Å². The summed E-state index contributed by atoms with van der Waals surface area (Å²) in [5.41, 5.74) is -0.134. The molecule has 1 rings (SSSR count). The molecule has 2 atom stereocenters. The van der Waals surface area contributed by atoms with Crippen LogP contribution in [0.3, 0.4) is 0 Å². The predicted molar refractivity (Wildman–Crippen MR) is 127 cm³/mol. The van der Waals surface area contributed by atoms with Crippen LogP contribution in [0.1, 0.15) is 103 Å². The standard InChI is InChI=1S/C25H43O4P/c1-3-4-5-6-9-13-18-23(30(27,28)24-20-15-12-16-21-24)19-14-10-7-8-11-17-22-25(26)29-2/h12,15-16,20-21,23H,3-11,13-14,17-19,22H2,1-2H3,(H,27,28). The van der Waals surface area contributed by atoms with Crippen LogP contribution < -0.4 is 5.30 Å². The number of benzene rings is 1. The number of carbonyl (C=O) groups is 1. The molecule has 0 fully saturated rings. The minimum atomic E-state index is -3.35. The highest BCUT2D eigenvalue weighted by molar-refractivity contribution is 7.66. The number of hydrogen-bond donors (Lipinski definition) is 1. The lowest BCUT2D eigenvalue weighted by Gasteiger charge is -2.23. The normalized spacial score (nSPS) is 14.2. The molecule has 5 heteroatoms. The van der Waals surface area contributed by atoms with Crippen LogP contribution in [0.2, 0.25) is 0 Å². The minimum absolute atomic E-state index is 0.132.